The quantitative estimate of drug-likeness (QED) is 0.543. The van der Waals surface area contributed by atoms with Crippen molar-refractivity contribution in [1.82, 2.24) is 20.1 Å². The zero-order valence-corrected chi connectivity index (χ0v) is 16.6. The molecule has 5 rings (SSSR count). The van der Waals surface area contributed by atoms with E-state index in [0.29, 0.717) is 5.82 Å². The number of aromatic amines is 1. The Labute approximate surface area is 175 Å². The van der Waals surface area contributed by atoms with Crippen LogP contribution in [0.25, 0.3) is 33.8 Å². The molecule has 30 heavy (non-hydrogen) atoms. The molecule has 0 saturated carbocycles. The van der Waals surface area contributed by atoms with Crippen LogP contribution in [0.4, 0.5) is 5.82 Å². The van der Waals surface area contributed by atoms with Crippen LogP contribution in [0.1, 0.15) is 11.3 Å². The number of nitrogen functional groups attached to an aromatic ring is 1. The average molecular weight is 397 g/mol. The largest absolute Gasteiger partial charge is 0.384 e. The van der Waals surface area contributed by atoms with E-state index in [4.69, 9.17) is 15.6 Å². The van der Waals surface area contributed by atoms with Crippen LogP contribution in [0.3, 0.4) is 0 Å². The highest BCUT2D eigenvalue weighted by atomic mass is 16.5. The first kappa shape index (κ1) is 18.4. The van der Waals surface area contributed by atoms with Crippen molar-refractivity contribution in [2.45, 2.75) is 0 Å². The summed E-state index contributed by atoms with van der Waals surface area (Å²) in [5, 5.41) is 9.02. The van der Waals surface area contributed by atoms with Crippen LogP contribution in [-0.2, 0) is 4.74 Å². The maximum Gasteiger partial charge on any atom is 0.123 e. The number of nitrogens with one attached hydrogen (secondary N) is 1. The van der Waals surface area contributed by atoms with Crippen molar-refractivity contribution in [3.63, 3.8) is 0 Å². The van der Waals surface area contributed by atoms with E-state index in [9.17, 15) is 0 Å². The number of ether oxygens (including phenoxy) is 1. The fraction of sp³-hybridized carbons (Fsp3) is 0.167. The summed E-state index contributed by atoms with van der Waals surface area (Å²) in [5.74, 6) is 0.512. The van der Waals surface area contributed by atoms with Crippen LogP contribution in [-0.4, -0.2) is 46.4 Å². The van der Waals surface area contributed by atoms with E-state index in [1.165, 1.54) is 0 Å². The molecule has 0 spiro atoms. The molecule has 6 heteroatoms. The van der Waals surface area contributed by atoms with Gasteiger partial charge in [0.1, 0.15) is 11.5 Å². The molecule has 3 heterocycles. The Hall–Kier alpha value is -3.64. The molecule has 0 amide bonds. The van der Waals surface area contributed by atoms with Gasteiger partial charge in [0.2, 0.25) is 0 Å². The van der Waals surface area contributed by atoms with Crippen molar-refractivity contribution in [1.29, 1.82) is 0 Å². The third-order valence-corrected chi connectivity index (χ3v) is 5.37. The number of pyridine rings is 1. The SMILES string of the molecule is Nc1cc(-c2ccc3c(C(=Cc4ccccc4)N4CCOCC4)n[nH]c3c2)ccn1. The summed E-state index contributed by atoms with van der Waals surface area (Å²) in [6, 6.07) is 20.5. The van der Waals surface area contributed by atoms with Crippen molar-refractivity contribution in [2.24, 2.45) is 0 Å². The van der Waals surface area contributed by atoms with Crippen LogP contribution in [0.2, 0.25) is 0 Å². The fourth-order valence-corrected chi connectivity index (χ4v) is 3.84. The predicted molar refractivity (Wildman–Crippen MR) is 120 cm³/mol. The number of morpholine rings is 1. The molecule has 4 aromatic rings. The summed E-state index contributed by atoms with van der Waals surface area (Å²) < 4.78 is 5.57. The van der Waals surface area contributed by atoms with Crippen LogP contribution >= 0.6 is 0 Å². The first-order valence-corrected chi connectivity index (χ1v) is 10.1. The summed E-state index contributed by atoms with van der Waals surface area (Å²) in [6.45, 7) is 3.15. The molecule has 1 saturated heterocycles. The third-order valence-electron chi connectivity index (χ3n) is 5.37. The summed E-state index contributed by atoms with van der Waals surface area (Å²) in [6.07, 6.45) is 3.94. The van der Waals surface area contributed by atoms with E-state index in [1.54, 1.807) is 6.20 Å². The molecule has 6 nitrogen and oxygen atoms in total. The van der Waals surface area contributed by atoms with Crippen molar-refractivity contribution < 1.29 is 4.74 Å². The van der Waals surface area contributed by atoms with E-state index in [1.807, 2.05) is 18.2 Å². The molecule has 150 valence electrons. The third kappa shape index (κ3) is 3.65. The van der Waals surface area contributed by atoms with Gasteiger partial charge in [-0.15, -0.1) is 0 Å². The summed E-state index contributed by atoms with van der Waals surface area (Å²) in [4.78, 5) is 6.43. The topological polar surface area (TPSA) is 80.1 Å². The van der Waals surface area contributed by atoms with E-state index >= 15 is 0 Å². The van der Waals surface area contributed by atoms with Crippen LogP contribution in [0.15, 0.2) is 66.9 Å². The zero-order chi connectivity index (χ0) is 20.3. The number of nitrogens with two attached hydrogens (primary N) is 1. The van der Waals surface area contributed by atoms with Gasteiger partial charge in [-0.1, -0.05) is 36.4 Å². The highest BCUT2D eigenvalue weighted by Crippen LogP contribution is 2.31. The van der Waals surface area contributed by atoms with Crippen LogP contribution < -0.4 is 5.73 Å². The second kappa shape index (κ2) is 8.00. The molecule has 0 radical (unpaired) electrons. The normalized spacial score (nSPS) is 14.9. The minimum absolute atomic E-state index is 0.512. The van der Waals surface area contributed by atoms with E-state index in [0.717, 1.165) is 65.3 Å². The lowest BCUT2D eigenvalue weighted by molar-refractivity contribution is 0.0641. The van der Waals surface area contributed by atoms with Crippen molar-refractivity contribution >= 4 is 28.5 Å². The second-order valence-corrected chi connectivity index (χ2v) is 7.34. The maximum absolute atomic E-state index is 5.85. The molecule has 0 unspecified atom stereocenters. The van der Waals surface area contributed by atoms with Gasteiger partial charge in [0, 0.05) is 24.7 Å². The molecular weight excluding hydrogens is 374 g/mol. The highest BCUT2D eigenvalue weighted by Gasteiger charge is 2.20. The number of rotatable bonds is 4. The van der Waals surface area contributed by atoms with Gasteiger partial charge in [-0.25, -0.2) is 4.98 Å². The van der Waals surface area contributed by atoms with Crippen molar-refractivity contribution in [2.75, 3.05) is 32.0 Å². The first-order valence-electron chi connectivity index (χ1n) is 10.1. The molecular formula is C24H23N5O. The monoisotopic (exact) mass is 397 g/mol. The van der Waals surface area contributed by atoms with Crippen molar-refractivity contribution in [3.05, 3.63) is 78.1 Å². The number of hydrogen-bond acceptors (Lipinski definition) is 5. The molecule has 1 aliphatic heterocycles. The molecule has 0 bridgehead atoms. The Morgan fingerprint density at radius 3 is 2.60 bits per heavy atom. The van der Waals surface area contributed by atoms with Gasteiger partial charge < -0.3 is 15.4 Å². The number of hydrogen-bond donors (Lipinski definition) is 2. The summed E-state index contributed by atoms with van der Waals surface area (Å²) >= 11 is 0. The minimum atomic E-state index is 0.512. The lowest BCUT2D eigenvalue weighted by atomic mass is 10.0. The predicted octanol–water partition coefficient (Wildman–Crippen LogP) is 4.04. The number of nitrogens with zero attached hydrogens (tertiary/aromatic N) is 3. The van der Waals surface area contributed by atoms with Gasteiger partial charge in [0.25, 0.3) is 0 Å². The fourth-order valence-electron chi connectivity index (χ4n) is 3.84. The van der Waals surface area contributed by atoms with Gasteiger partial charge in [-0.3, -0.25) is 5.10 Å². The minimum Gasteiger partial charge on any atom is -0.384 e. The van der Waals surface area contributed by atoms with E-state index in [-0.39, 0.29) is 0 Å². The Bertz CT molecular complexity index is 1190. The van der Waals surface area contributed by atoms with Gasteiger partial charge in [-0.05, 0) is 47.0 Å². The summed E-state index contributed by atoms with van der Waals surface area (Å²) in [7, 11) is 0. The highest BCUT2D eigenvalue weighted by molar-refractivity contribution is 5.96. The molecule has 3 N–H and O–H groups in total. The lowest BCUT2D eigenvalue weighted by Gasteiger charge is -2.30. The molecule has 2 aromatic carbocycles. The number of anilines is 1. The molecule has 2 aromatic heterocycles. The molecule has 0 atom stereocenters. The zero-order valence-electron chi connectivity index (χ0n) is 16.6. The van der Waals surface area contributed by atoms with Gasteiger partial charge in [0.15, 0.2) is 0 Å². The Morgan fingerprint density at radius 2 is 1.80 bits per heavy atom. The second-order valence-electron chi connectivity index (χ2n) is 7.34. The average Bonchev–Trinajstić information content (AvgIpc) is 3.22. The lowest BCUT2D eigenvalue weighted by Crippen LogP contribution is -2.35. The molecule has 1 fully saturated rings. The van der Waals surface area contributed by atoms with Crippen molar-refractivity contribution in [3.8, 4) is 11.1 Å². The van der Waals surface area contributed by atoms with Crippen LogP contribution in [0.5, 0.6) is 0 Å². The Kier molecular flexibility index (Phi) is 4.91. The number of fused-ring (bicyclic) bond motifs is 1. The van der Waals surface area contributed by atoms with E-state index < -0.39 is 0 Å². The van der Waals surface area contributed by atoms with Gasteiger partial charge in [0.05, 0.1) is 24.4 Å². The molecule has 0 aliphatic carbocycles. The molecule has 1 aliphatic rings. The Morgan fingerprint density at radius 1 is 1.00 bits per heavy atom. The Balaban J connectivity index is 1.59. The number of aromatic nitrogens is 3. The van der Waals surface area contributed by atoms with E-state index in [2.05, 4.69) is 63.5 Å². The van der Waals surface area contributed by atoms with Gasteiger partial charge >= 0.3 is 0 Å². The summed E-state index contributed by atoms with van der Waals surface area (Å²) in [5.41, 5.74) is 12.2. The number of H-pyrrole nitrogens is 1. The van der Waals surface area contributed by atoms with Gasteiger partial charge in [-0.2, -0.15) is 5.10 Å². The maximum atomic E-state index is 5.85. The smallest absolute Gasteiger partial charge is 0.123 e. The standard InChI is InChI=1S/C24H23N5O/c25-23-16-19(8-9-26-23)18-6-7-20-21(15-18)27-28-24(20)22(29-10-12-30-13-11-29)14-17-4-2-1-3-5-17/h1-9,14-16H,10-13H2,(H2,25,26)(H,27,28). The number of benzene rings is 2. The first-order chi connectivity index (χ1) is 14.8. The van der Waals surface area contributed by atoms with Crippen LogP contribution in [0, 0.1) is 0 Å².